The summed E-state index contributed by atoms with van der Waals surface area (Å²) in [6.07, 6.45) is 1.07. The van der Waals surface area contributed by atoms with Gasteiger partial charge in [0.2, 0.25) is 0 Å². The van der Waals surface area contributed by atoms with Gasteiger partial charge in [-0.3, -0.25) is 0 Å². The number of amidine groups is 2. The number of hydrogen-bond acceptors (Lipinski definition) is 5. The monoisotopic (exact) mass is 364 g/mol. The van der Waals surface area contributed by atoms with Crippen molar-refractivity contribution in [3.8, 4) is 0 Å². The first-order valence-electron chi connectivity index (χ1n) is 8.56. The van der Waals surface area contributed by atoms with Crippen LogP contribution in [-0.4, -0.2) is 26.6 Å². The summed E-state index contributed by atoms with van der Waals surface area (Å²) < 4.78 is 1.24. The maximum atomic E-state index is 5.61. The molecule has 0 spiro atoms. The summed E-state index contributed by atoms with van der Waals surface area (Å²) in [7, 11) is 0. The number of fused-ring (bicyclic) bond motifs is 1. The van der Waals surface area contributed by atoms with Gasteiger partial charge in [0, 0.05) is 17.9 Å². The molecule has 2 unspecified atom stereocenters. The van der Waals surface area contributed by atoms with Crippen LogP contribution in [0.15, 0.2) is 40.3 Å². The minimum atomic E-state index is 0.381. The Morgan fingerprint density at radius 2 is 1.96 bits per heavy atom. The highest BCUT2D eigenvalue weighted by Gasteiger charge is 2.43. The predicted octanol–water partition coefficient (Wildman–Crippen LogP) is 4.09. The molecule has 1 saturated carbocycles. The molecule has 1 aliphatic carbocycles. The summed E-state index contributed by atoms with van der Waals surface area (Å²) in [5.74, 6) is 3.24. The van der Waals surface area contributed by atoms with Crippen LogP contribution in [0.25, 0.3) is 10.2 Å². The van der Waals surface area contributed by atoms with Gasteiger partial charge in [-0.05, 0) is 39.3 Å². The Hall–Kier alpha value is -2.67. The van der Waals surface area contributed by atoms with Gasteiger partial charge in [0.25, 0.3) is 0 Å². The van der Waals surface area contributed by atoms with Crippen LogP contribution in [-0.2, 0) is 0 Å². The lowest BCUT2D eigenvalue weighted by molar-refractivity contribution is 0.910. The van der Waals surface area contributed by atoms with Gasteiger partial charge in [0.05, 0.1) is 26.8 Å². The van der Waals surface area contributed by atoms with Crippen LogP contribution in [0.1, 0.15) is 48.6 Å². The van der Waals surface area contributed by atoms with E-state index in [9.17, 15) is 0 Å². The molecule has 3 aromatic rings. The number of hydrogen-bond donors (Lipinski definition) is 1. The smallest absolute Gasteiger partial charge is 0.157 e. The van der Waals surface area contributed by atoms with Gasteiger partial charge >= 0.3 is 0 Å². The predicted molar refractivity (Wildman–Crippen MR) is 107 cm³/mol. The van der Waals surface area contributed by atoms with Gasteiger partial charge in [-0.1, -0.05) is 12.1 Å². The standard InChI is InChI=1S/C19H20N6S/c1-10(20)21-11(2)23-18-9-16(22-12(3)24-18)13-8-14(13)19-25-15-6-4-5-7-17(15)26-19/h4-7,9,13-14H,8H2,1-3H3,(H2,20,21,22,23,24). The molecule has 4 rings (SSSR count). The van der Waals surface area contributed by atoms with E-state index < -0.39 is 0 Å². The Morgan fingerprint density at radius 3 is 2.73 bits per heavy atom. The van der Waals surface area contributed by atoms with Crippen LogP contribution >= 0.6 is 11.3 Å². The van der Waals surface area contributed by atoms with E-state index in [1.54, 1.807) is 18.3 Å². The van der Waals surface area contributed by atoms with E-state index in [1.807, 2.05) is 26.0 Å². The topological polar surface area (TPSA) is 89.4 Å². The molecule has 0 radical (unpaired) electrons. The molecule has 2 N–H and O–H groups in total. The van der Waals surface area contributed by atoms with Crippen LogP contribution in [0.2, 0.25) is 0 Å². The molecule has 2 atom stereocenters. The number of nitrogens with zero attached hydrogens (tertiary/aromatic N) is 5. The van der Waals surface area contributed by atoms with Crippen molar-refractivity contribution in [3.63, 3.8) is 0 Å². The first-order valence-corrected chi connectivity index (χ1v) is 9.38. The molecular weight excluding hydrogens is 344 g/mol. The zero-order valence-electron chi connectivity index (χ0n) is 15.0. The summed E-state index contributed by atoms with van der Waals surface area (Å²) >= 11 is 1.78. The second-order valence-electron chi connectivity index (χ2n) is 6.58. The molecule has 132 valence electrons. The fraction of sp³-hybridized carbons (Fsp3) is 0.316. The molecule has 1 fully saturated rings. The van der Waals surface area contributed by atoms with Crippen molar-refractivity contribution in [2.45, 2.75) is 39.0 Å². The normalized spacial score (nSPS) is 20.6. The van der Waals surface area contributed by atoms with Crippen molar-refractivity contribution < 1.29 is 0 Å². The van der Waals surface area contributed by atoms with E-state index in [2.05, 4.69) is 38.2 Å². The van der Waals surface area contributed by atoms with Crippen LogP contribution in [0.3, 0.4) is 0 Å². The van der Waals surface area contributed by atoms with Gasteiger partial charge in [-0.25, -0.2) is 24.9 Å². The third-order valence-electron chi connectivity index (χ3n) is 4.26. The molecule has 0 saturated heterocycles. The van der Waals surface area contributed by atoms with E-state index in [4.69, 9.17) is 10.7 Å². The van der Waals surface area contributed by atoms with E-state index in [1.165, 1.54) is 9.71 Å². The van der Waals surface area contributed by atoms with Crippen LogP contribution < -0.4 is 5.73 Å². The lowest BCUT2D eigenvalue weighted by Gasteiger charge is -2.03. The number of nitrogens with two attached hydrogens (primary N) is 1. The SMILES string of the molecule is CC(N)=NC(C)=Nc1cc(C2CC2c2nc3ccccc3s2)nc(C)n1. The summed E-state index contributed by atoms with van der Waals surface area (Å²) in [5.41, 5.74) is 7.72. The Kier molecular flexibility index (Phi) is 4.24. The van der Waals surface area contributed by atoms with Crippen molar-refractivity contribution in [3.05, 3.63) is 46.9 Å². The molecule has 7 heteroatoms. The Morgan fingerprint density at radius 1 is 1.15 bits per heavy atom. The zero-order valence-corrected chi connectivity index (χ0v) is 15.8. The number of aryl methyl sites for hydroxylation is 1. The third-order valence-corrected chi connectivity index (χ3v) is 5.43. The summed E-state index contributed by atoms with van der Waals surface area (Å²) in [6.45, 7) is 5.45. The van der Waals surface area contributed by atoms with Crippen molar-refractivity contribution in [2.75, 3.05) is 0 Å². The average molecular weight is 364 g/mol. The van der Waals surface area contributed by atoms with Crippen molar-refractivity contribution in [1.82, 2.24) is 15.0 Å². The van der Waals surface area contributed by atoms with Gasteiger partial charge < -0.3 is 5.73 Å². The third kappa shape index (κ3) is 3.48. The number of thiazole rings is 1. The number of aromatic nitrogens is 3. The molecular formula is C19H20N6S. The van der Waals surface area contributed by atoms with Crippen LogP contribution in [0.5, 0.6) is 0 Å². The fourth-order valence-electron chi connectivity index (χ4n) is 3.11. The van der Waals surface area contributed by atoms with E-state index in [-0.39, 0.29) is 0 Å². The molecule has 0 amide bonds. The number of aliphatic imine (C=N–C) groups is 2. The molecule has 1 aliphatic rings. The molecule has 6 nitrogen and oxygen atoms in total. The Labute approximate surface area is 156 Å². The van der Waals surface area contributed by atoms with Crippen molar-refractivity contribution >= 4 is 39.0 Å². The molecule has 2 heterocycles. The van der Waals surface area contributed by atoms with Gasteiger partial charge in [0.15, 0.2) is 5.82 Å². The summed E-state index contributed by atoms with van der Waals surface area (Å²) in [5, 5.41) is 1.19. The maximum Gasteiger partial charge on any atom is 0.157 e. The number of benzene rings is 1. The first-order chi connectivity index (χ1) is 12.5. The second kappa shape index (κ2) is 6.57. The highest BCUT2D eigenvalue weighted by molar-refractivity contribution is 7.18. The Balaban J connectivity index is 1.60. The number of rotatable bonds is 3. The van der Waals surface area contributed by atoms with Gasteiger partial charge in [-0.2, -0.15) is 0 Å². The highest BCUT2D eigenvalue weighted by Crippen LogP contribution is 2.55. The first kappa shape index (κ1) is 16.8. The molecule has 26 heavy (non-hydrogen) atoms. The van der Waals surface area contributed by atoms with E-state index >= 15 is 0 Å². The largest absolute Gasteiger partial charge is 0.387 e. The molecule has 0 aliphatic heterocycles. The van der Waals surface area contributed by atoms with Crippen LogP contribution in [0.4, 0.5) is 5.82 Å². The van der Waals surface area contributed by atoms with Crippen molar-refractivity contribution in [1.29, 1.82) is 0 Å². The Bertz CT molecular complexity index is 998. The molecule has 0 bridgehead atoms. The van der Waals surface area contributed by atoms with Crippen LogP contribution in [0, 0.1) is 6.92 Å². The minimum absolute atomic E-state index is 0.381. The number of para-hydroxylation sites is 1. The average Bonchev–Trinajstić information content (AvgIpc) is 3.25. The molecule has 2 aromatic heterocycles. The van der Waals surface area contributed by atoms with Crippen molar-refractivity contribution in [2.24, 2.45) is 15.7 Å². The minimum Gasteiger partial charge on any atom is -0.387 e. The lowest BCUT2D eigenvalue weighted by atomic mass is 10.2. The lowest BCUT2D eigenvalue weighted by Crippen LogP contribution is -2.07. The summed E-state index contributed by atoms with van der Waals surface area (Å²) in [4.78, 5) is 22.4. The second-order valence-corrected chi connectivity index (χ2v) is 7.64. The van der Waals surface area contributed by atoms with E-state index in [0.717, 1.165) is 23.5 Å². The maximum absolute atomic E-state index is 5.61. The highest BCUT2D eigenvalue weighted by atomic mass is 32.1. The van der Waals surface area contributed by atoms with Gasteiger partial charge in [-0.15, -0.1) is 11.3 Å². The van der Waals surface area contributed by atoms with Gasteiger partial charge in [0.1, 0.15) is 11.7 Å². The zero-order chi connectivity index (χ0) is 18.3. The fourth-order valence-corrected chi connectivity index (χ4v) is 4.26. The summed E-state index contributed by atoms with van der Waals surface area (Å²) in [6, 6.07) is 10.2. The quantitative estimate of drug-likeness (QED) is 0.560. The molecule has 1 aromatic carbocycles. The van der Waals surface area contributed by atoms with E-state index in [0.29, 0.717) is 29.3 Å².